The number of hydrogen-bond donors (Lipinski definition) is 3. The minimum absolute atomic E-state index is 0.336. The first-order valence-corrected chi connectivity index (χ1v) is 6.67. The summed E-state index contributed by atoms with van der Waals surface area (Å²) < 4.78 is 14.6. The lowest BCUT2D eigenvalue weighted by atomic mass is 10.2. The van der Waals surface area contributed by atoms with Crippen molar-refractivity contribution in [3.05, 3.63) is 47.5 Å². The number of urea groups is 1. The van der Waals surface area contributed by atoms with E-state index in [4.69, 9.17) is 0 Å². The van der Waals surface area contributed by atoms with Gasteiger partial charge in [0, 0.05) is 7.05 Å². The highest BCUT2D eigenvalue weighted by Gasteiger charge is 2.17. The quantitative estimate of drug-likeness (QED) is 0.743. The molecule has 1 aromatic heterocycles. The second-order valence-electron chi connectivity index (χ2n) is 4.40. The summed E-state index contributed by atoms with van der Waals surface area (Å²) in [6, 6.07) is 5.27. The third-order valence-corrected chi connectivity index (χ3v) is 3.04. The van der Waals surface area contributed by atoms with Crippen LogP contribution in [0.25, 0.3) is 5.69 Å². The maximum absolute atomic E-state index is 13.0. The zero-order valence-corrected chi connectivity index (χ0v) is 12.2. The molecular formula is C14H16FN5O2. The molecule has 0 bridgehead atoms. The Kier molecular flexibility index (Phi) is 4.72. The molecule has 2 aromatic rings. The van der Waals surface area contributed by atoms with Crippen LogP contribution in [0.2, 0.25) is 0 Å². The van der Waals surface area contributed by atoms with Crippen LogP contribution in [0.15, 0.2) is 30.5 Å². The minimum Gasteiger partial charge on any atom is -0.340 e. The molecule has 0 spiro atoms. The van der Waals surface area contributed by atoms with Crippen LogP contribution >= 0.6 is 0 Å². The molecule has 0 fully saturated rings. The number of hydrazine groups is 1. The predicted molar refractivity (Wildman–Crippen MR) is 78.0 cm³/mol. The van der Waals surface area contributed by atoms with Gasteiger partial charge in [-0.25, -0.2) is 19.3 Å². The van der Waals surface area contributed by atoms with Crippen LogP contribution in [-0.4, -0.2) is 28.8 Å². The maximum atomic E-state index is 13.0. The fraction of sp³-hybridized carbons (Fsp3) is 0.214. The van der Waals surface area contributed by atoms with Gasteiger partial charge in [-0.15, -0.1) is 0 Å². The zero-order valence-electron chi connectivity index (χ0n) is 12.2. The van der Waals surface area contributed by atoms with Gasteiger partial charge >= 0.3 is 6.03 Å². The summed E-state index contributed by atoms with van der Waals surface area (Å²) in [5.41, 5.74) is 6.13. The van der Waals surface area contributed by atoms with Crippen LogP contribution in [0.1, 0.15) is 23.0 Å². The van der Waals surface area contributed by atoms with E-state index >= 15 is 0 Å². The topological polar surface area (TPSA) is 88.1 Å². The van der Waals surface area contributed by atoms with Gasteiger partial charge in [-0.3, -0.25) is 10.2 Å². The number of benzene rings is 1. The molecule has 116 valence electrons. The Morgan fingerprint density at radius 3 is 2.50 bits per heavy atom. The van der Waals surface area contributed by atoms with Crippen molar-refractivity contribution in [1.82, 2.24) is 25.9 Å². The van der Waals surface area contributed by atoms with E-state index in [1.165, 1.54) is 25.4 Å². The Bertz CT molecular complexity index is 681. The highest BCUT2D eigenvalue weighted by atomic mass is 19.1. The van der Waals surface area contributed by atoms with Crippen LogP contribution in [0.3, 0.4) is 0 Å². The highest BCUT2D eigenvalue weighted by molar-refractivity contribution is 5.96. The van der Waals surface area contributed by atoms with Gasteiger partial charge in [-0.05, 0) is 30.7 Å². The highest BCUT2D eigenvalue weighted by Crippen LogP contribution is 2.16. The Balaban J connectivity index is 2.25. The van der Waals surface area contributed by atoms with Crippen LogP contribution in [0, 0.1) is 5.82 Å². The Labute approximate surface area is 126 Å². The van der Waals surface area contributed by atoms with Crippen LogP contribution in [0.4, 0.5) is 9.18 Å². The van der Waals surface area contributed by atoms with Crippen LogP contribution in [0.5, 0.6) is 0 Å². The largest absolute Gasteiger partial charge is 0.340 e. The summed E-state index contributed by atoms with van der Waals surface area (Å²) in [5, 5.41) is 6.48. The number of amides is 3. The van der Waals surface area contributed by atoms with Crippen molar-refractivity contribution in [2.45, 2.75) is 13.3 Å². The predicted octanol–water partition coefficient (Wildman–Crippen LogP) is 1.15. The smallest absolute Gasteiger partial charge is 0.333 e. The van der Waals surface area contributed by atoms with E-state index in [0.717, 1.165) is 0 Å². The number of nitrogens with one attached hydrogen (secondary N) is 3. The summed E-state index contributed by atoms with van der Waals surface area (Å²) >= 11 is 0. The van der Waals surface area contributed by atoms with E-state index in [9.17, 15) is 14.0 Å². The average Bonchev–Trinajstić information content (AvgIpc) is 2.96. The molecular weight excluding hydrogens is 289 g/mol. The summed E-state index contributed by atoms with van der Waals surface area (Å²) in [5.74, 6) is -0.824. The molecule has 0 saturated heterocycles. The van der Waals surface area contributed by atoms with Crippen molar-refractivity contribution in [2.24, 2.45) is 0 Å². The van der Waals surface area contributed by atoms with Gasteiger partial charge in [0.1, 0.15) is 5.82 Å². The summed E-state index contributed by atoms with van der Waals surface area (Å²) in [7, 11) is 1.44. The van der Waals surface area contributed by atoms with Crippen molar-refractivity contribution in [3.8, 4) is 5.69 Å². The minimum atomic E-state index is -0.530. The number of halogens is 1. The fourth-order valence-electron chi connectivity index (χ4n) is 1.95. The van der Waals surface area contributed by atoms with Gasteiger partial charge in [-0.2, -0.15) is 5.10 Å². The molecule has 0 saturated carbocycles. The molecule has 3 N–H and O–H groups in total. The van der Waals surface area contributed by atoms with Gasteiger partial charge in [-0.1, -0.05) is 6.92 Å². The lowest BCUT2D eigenvalue weighted by Gasteiger charge is -2.09. The SMILES string of the molecule is CCc1c(C(=O)NNC(=O)NC)cnn1-c1ccc(F)cc1. The van der Waals surface area contributed by atoms with Crippen molar-refractivity contribution in [1.29, 1.82) is 0 Å². The van der Waals surface area contributed by atoms with Gasteiger partial charge in [0.15, 0.2) is 0 Å². The van der Waals surface area contributed by atoms with Gasteiger partial charge in [0.05, 0.1) is 23.1 Å². The molecule has 0 aliphatic heterocycles. The Hall–Kier alpha value is -2.90. The van der Waals surface area contributed by atoms with Crippen molar-refractivity contribution >= 4 is 11.9 Å². The monoisotopic (exact) mass is 305 g/mol. The van der Waals surface area contributed by atoms with E-state index < -0.39 is 11.9 Å². The lowest BCUT2D eigenvalue weighted by molar-refractivity contribution is 0.0935. The van der Waals surface area contributed by atoms with Crippen LogP contribution in [-0.2, 0) is 6.42 Å². The summed E-state index contributed by atoms with van der Waals surface area (Å²) in [4.78, 5) is 23.1. The maximum Gasteiger partial charge on any atom is 0.333 e. The number of aromatic nitrogens is 2. The molecule has 3 amide bonds. The number of carbonyl (C=O) groups is 2. The first-order chi connectivity index (χ1) is 10.6. The molecule has 0 unspecified atom stereocenters. The average molecular weight is 305 g/mol. The van der Waals surface area contributed by atoms with E-state index in [1.807, 2.05) is 6.92 Å². The number of carbonyl (C=O) groups excluding carboxylic acids is 2. The zero-order chi connectivity index (χ0) is 16.1. The fourth-order valence-corrected chi connectivity index (χ4v) is 1.95. The Morgan fingerprint density at radius 2 is 1.91 bits per heavy atom. The van der Waals surface area contributed by atoms with E-state index in [0.29, 0.717) is 23.4 Å². The van der Waals surface area contributed by atoms with Crippen LogP contribution < -0.4 is 16.2 Å². The molecule has 2 rings (SSSR count). The first kappa shape index (κ1) is 15.5. The Morgan fingerprint density at radius 1 is 1.23 bits per heavy atom. The van der Waals surface area contributed by atoms with E-state index in [1.54, 1.807) is 16.8 Å². The molecule has 0 aliphatic carbocycles. The number of rotatable bonds is 3. The number of nitrogens with zero attached hydrogens (tertiary/aromatic N) is 2. The molecule has 8 heteroatoms. The second-order valence-corrected chi connectivity index (χ2v) is 4.40. The van der Waals surface area contributed by atoms with Gasteiger partial charge in [0.2, 0.25) is 0 Å². The normalized spacial score (nSPS) is 10.1. The van der Waals surface area contributed by atoms with Gasteiger partial charge < -0.3 is 5.32 Å². The van der Waals surface area contributed by atoms with Crippen molar-refractivity contribution in [3.63, 3.8) is 0 Å². The third kappa shape index (κ3) is 3.22. The molecule has 22 heavy (non-hydrogen) atoms. The van der Waals surface area contributed by atoms with Gasteiger partial charge in [0.25, 0.3) is 5.91 Å². The molecule has 0 radical (unpaired) electrons. The molecule has 1 aromatic carbocycles. The first-order valence-electron chi connectivity index (χ1n) is 6.67. The summed E-state index contributed by atoms with van der Waals surface area (Å²) in [6.45, 7) is 1.87. The van der Waals surface area contributed by atoms with E-state index in [2.05, 4.69) is 21.3 Å². The standard InChI is InChI=1S/C14H16FN5O2/c1-3-12-11(13(21)18-19-14(22)16-2)8-17-20(12)10-6-4-9(15)5-7-10/h4-8H,3H2,1-2H3,(H,18,21)(H2,16,19,22). The number of hydrogen-bond acceptors (Lipinski definition) is 3. The molecule has 0 aliphatic rings. The van der Waals surface area contributed by atoms with Crippen molar-refractivity contribution in [2.75, 3.05) is 7.05 Å². The molecule has 1 heterocycles. The second kappa shape index (κ2) is 6.70. The van der Waals surface area contributed by atoms with E-state index in [-0.39, 0.29) is 5.82 Å². The molecule has 7 nitrogen and oxygen atoms in total. The lowest BCUT2D eigenvalue weighted by Crippen LogP contribution is -2.45. The summed E-state index contributed by atoms with van der Waals surface area (Å²) in [6.07, 6.45) is 1.95. The van der Waals surface area contributed by atoms with Crippen molar-refractivity contribution < 1.29 is 14.0 Å². The molecule has 0 atom stereocenters. The third-order valence-electron chi connectivity index (χ3n) is 3.04.